The molecule has 3 nitrogen and oxygen atoms in total. The van der Waals surface area contributed by atoms with Gasteiger partial charge in [0, 0.05) is 0 Å². The van der Waals surface area contributed by atoms with Crippen molar-refractivity contribution in [2.24, 2.45) is 11.3 Å². The van der Waals surface area contributed by atoms with E-state index in [0.717, 1.165) is 32.4 Å². The number of hydrogen-bond acceptors (Lipinski definition) is 3. The molecule has 0 aromatic heterocycles. The molecular formula is C14H25NO2. The monoisotopic (exact) mass is 239 g/mol. The van der Waals surface area contributed by atoms with Gasteiger partial charge in [0.05, 0.1) is 5.41 Å². The predicted molar refractivity (Wildman–Crippen MR) is 67.7 cm³/mol. The summed E-state index contributed by atoms with van der Waals surface area (Å²) in [5.41, 5.74) is -0.248. The molecule has 98 valence electrons. The number of carbonyl (C=O) groups is 1. The maximum absolute atomic E-state index is 12.3. The van der Waals surface area contributed by atoms with E-state index >= 15 is 0 Å². The first kappa shape index (κ1) is 12.9. The molecular weight excluding hydrogens is 214 g/mol. The Morgan fingerprint density at radius 2 is 1.88 bits per heavy atom. The van der Waals surface area contributed by atoms with Crippen LogP contribution in [0.25, 0.3) is 0 Å². The molecule has 1 saturated carbocycles. The number of esters is 1. The van der Waals surface area contributed by atoms with Gasteiger partial charge < -0.3 is 10.1 Å². The Balaban J connectivity index is 1.90. The average Bonchev–Trinajstić information content (AvgIpc) is 2.33. The Hall–Kier alpha value is -0.570. The van der Waals surface area contributed by atoms with Gasteiger partial charge >= 0.3 is 5.97 Å². The van der Waals surface area contributed by atoms with Crippen molar-refractivity contribution in [2.75, 3.05) is 13.1 Å². The summed E-state index contributed by atoms with van der Waals surface area (Å²) in [5.74, 6) is 0.579. The molecule has 0 aromatic rings. The van der Waals surface area contributed by atoms with Crippen LogP contribution in [-0.2, 0) is 9.53 Å². The van der Waals surface area contributed by atoms with E-state index in [1.165, 1.54) is 19.3 Å². The summed E-state index contributed by atoms with van der Waals surface area (Å²) in [5, 5.41) is 3.30. The fourth-order valence-electron chi connectivity index (χ4n) is 2.92. The molecule has 2 aliphatic rings. The van der Waals surface area contributed by atoms with Crippen molar-refractivity contribution in [1.82, 2.24) is 5.32 Å². The molecule has 1 N–H and O–H groups in total. The second-order valence-electron chi connectivity index (χ2n) is 6.02. The van der Waals surface area contributed by atoms with Crippen LogP contribution in [0.4, 0.5) is 0 Å². The maximum atomic E-state index is 12.3. The lowest BCUT2D eigenvalue weighted by atomic mass is 9.80. The van der Waals surface area contributed by atoms with Gasteiger partial charge in [-0.1, -0.05) is 13.3 Å². The molecule has 0 radical (unpaired) electrons. The smallest absolute Gasteiger partial charge is 0.312 e. The molecule has 1 aliphatic carbocycles. The normalized spacial score (nSPS) is 33.1. The van der Waals surface area contributed by atoms with Gasteiger partial charge in [-0.15, -0.1) is 0 Å². The summed E-state index contributed by atoms with van der Waals surface area (Å²) in [6, 6.07) is 0. The second-order valence-corrected chi connectivity index (χ2v) is 6.02. The van der Waals surface area contributed by atoms with E-state index in [1.54, 1.807) is 0 Å². The van der Waals surface area contributed by atoms with Gasteiger partial charge in [0.25, 0.3) is 0 Å². The van der Waals surface area contributed by atoms with Crippen LogP contribution in [0.3, 0.4) is 0 Å². The number of rotatable bonds is 2. The minimum atomic E-state index is -0.248. The highest BCUT2D eigenvalue weighted by atomic mass is 16.5. The van der Waals surface area contributed by atoms with Crippen molar-refractivity contribution in [3.8, 4) is 0 Å². The van der Waals surface area contributed by atoms with Gasteiger partial charge in [-0.05, 0) is 58.0 Å². The van der Waals surface area contributed by atoms with Crippen molar-refractivity contribution < 1.29 is 9.53 Å². The zero-order valence-corrected chi connectivity index (χ0v) is 11.1. The summed E-state index contributed by atoms with van der Waals surface area (Å²) in [4.78, 5) is 12.3. The Bertz CT molecular complexity index is 271. The third kappa shape index (κ3) is 3.01. The van der Waals surface area contributed by atoms with E-state index in [9.17, 15) is 4.79 Å². The summed E-state index contributed by atoms with van der Waals surface area (Å²) < 4.78 is 5.78. The molecule has 0 bridgehead atoms. The first-order valence-corrected chi connectivity index (χ1v) is 7.04. The van der Waals surface area contributed by atoms with Crippen LogP contribution in [0, 0.1) is 11.3 Å². The third-order valence-electron chi connectivity index (χ3n) is 4.49. The van der Waals surface area contributed by atoms with E-state index in [0.29, 0.717) is 5.92 Å². The van der Waals surface area contributed by atoms with Crippen molar-refractivity contribution in [2.45, 2.75) is 58.5 Å². The molecule has 2 atom stereocenters. The van der Waals surface area contributed by atoms with Gasteiger partial charge in [0.15, 0.2) is 0 Å². The average molecular weight is 239 g/mol. The lowest BCUT2D eigenvalue weighted by Gasteiger charge is -2.35. The van der Waals surface area contributed by atoms with Crippen molar-refractivity contribution in [3.63, 3.8) is 0 Å². The van der Waals surface area contributed by atoms with Gasteiger partial charge in [-0.3, -0.25) is 4.79 Å². The summed E-state index contributed by atoms with van der Waals surface area (Å²) >= 11 is 0. The molecule has 2 fully saturated rings. The van der Waals surface area contributed by atoms with Gasteiger partial charge in [-0.2, -0.15) is 0 Å². The summed E-state index contributed by atoms with van der Waals surface area (Å²) in [7, 11) is 0. The van der Waals surface area contributed by atoms with Crippen LogP contribution < -0.4 is 5.32 Å². The highest BCUT2D eigenvalue weighted by Crippen LogP contribution is 2.33. The lowest BCUT2D eigenvalue weighted by Crippen LogP contribution is -2.43. The van der Waals surface area contributed by atoms with Crippen LogP contribution in [-0.4, -0.2) is 25.2 Å². The van der Waals surface area contributed by atoms with Crippen molar-refractivity contribution in [1.29, 1.82) is 0 Å². The highest BCUT2D eigenvalue weighted by molar-refractivity contribution is 5.76. The molecule has 0 spiro atoms. The number of carbonyl (C=O) groups excluding carboxylic acids is 1. The Kier molecular flexibility index (Phi) is 4.08. The van der Waals surface area contributed by atoms with Crippen LogP contribution in [0.1, 0.15) is 52.4 Å². The Morgan fingerprint density at radius 1 is 1.24 bits per heavy atom. The molecule has 1 aliphatic heterocycles. The third-order valence-corrected chi connectivity index (χ3v) is 4.49. The maximum Gasteiger partial charge on any atom is 0.312 e. The van der Waals surface area contributed by atoms with Crippen LogP contribution >= 0.6 is 0 Å². The van der Waals surface area contributed by atoms with Gasteiger partial charge in [-0.25, -0.2) is 0 Å². The van der Waals surface area contributed by atoms with E-state index in [2.05, 4.69) is 19.2 Å². The van der Waals surface area contributed by atoms with E-state index < -0.39 is 0 Å². The zero-order valence-electron chi connectivity index (χ0n) is 11.1. The number of ether oxygens (including phenoxy) is 1. The van der Waals surface area contributed by atoms with Crippen molar-refractivity contribution in [3.05, 3.63) is 0 Å². The van der Waals surface area contributed by atoms with E-state index in [-0.39, 0.29) is 17.5 Å². The molecule has 1 saturated heterocycles. The number of piperidine rings is 1. The zero-order chi connectivity index (χ0) is 12.3. The van der Waals surface area contributed by atoms with Crippen LogP contribution in [0.2, 0.25) is 0 Å². The SMILES string of the molecule is CC1CCCCC1OC(=O)C1(C)CCNCC1. The molecule has 0 aromatic carbocycles. The largest absolute Gasteiger partial charge is 0.462 e. The molecule has 1 heterocycles. The molecule has 2 unspecified atom stereocenters. The second kappa shape index (κ2) is 5.38. The lowest BCUT2D eigenvalue weighted by molar-refractivity contribution is -0.166. The fourth-order valence-corrected chi connectivity index (χ4v) is 2.92. The van der Waals surface area contributed by atoms with E-state index in [4.69, 9.17) is 4.74 Å². The fraction of sp³-hybridized carbons (Fsp3) is 0.929. The molecule has 2 rings (SSSR count). The highest BCUT2D eigenvalue weighted by Gasteiger charge is 2.38. The van der Waals surface area contributed by atoms with Gasteiger partial charge in [0.1, 0.15) is 6.10 Å². The molecule has 3 heteroatoms. The molecule has 0 amide bonds. The standard InChI is InChI=1S/C14H25NO2/c1-11-5-3-4-6-12(11)17-13(16)14(2)7-9-15-10-8-14/h11-12,15H,3-10H2,1-2H3. The summed E-state index contributed by atoms with van der Waals surface area (Å²) in [6.07, 6.45) is 6.75. The summed E-state index contributed by atoms with van der Waals surface area (Å²) in [6.45, 7) is 6.14. The van der Waals surface area contributed by atoms with Crippen LogP contribution in [0.15, 0.2) is 0 Å². The predicted octanol–water partition coefficient (Wildman–Crippen LogP) is 2.50. The topological polar surface area (TPSA) is 38.3 Å². The first-order valence-electron chi connectivity index (χ1n) is 7.04. The van der Waals surface area contributed by atoms with Gasteiger partial charge in [0.2, 0.25) is 0 Å². The minimum Gasteiger partial charge on any atom is -0.462 e. The first-order chi connectivity index (χ1) is 8.12. The van der Waals surface area contributed by atoms with E-state index in [1.807, 2.05) is 0 Å². The Morgan fingerprint density at radius 3 is 2.53 bits per heavy atom. The van der Waals surface area contributed by atoms with Crippen LogP contribution in [0.5, 0.6) is 0 Å². The quantitative estimate of drug-likeness (QED) is 0.752. The molecule has 17 heavy (non-hydrogen) atoms. The minimum absolute atomic E-state index is 0.0396. The number of hydrogen-bond donors (Lipinski definition) is 1. The Labute approximate surface area is 104 Å². The number of nitrogens with one attached hydrogen (secondary N) is 1. The van der Waals surface area contributed by atoms with Crippen molar-refractivity contribution >= 4 is 5.97 Å².